The summed E-state index contributed by atoms with van der Waals surface area (Å²) in [5, 5.41) is 5.64. The molecule has 4 saturated carbocycles. The Morgan fingerprint density at radius 3 is 2.39 bits per heavy atom. The Bertz CT molecular complexity index is 559. The summed E-state index contributed by atoms with van der Waals surface area (Å²) in [6.45, 7) is 3.71. The summed E-state index contributed by atoms with van der Waals surface area (Å²) in [7, 11) is 2.14. The van der Waals surface area contributed by atoms with Crippen LogP contribution in [0.5, 0.6) is 0 Å². The zero-order valence-electron chi connectivity index (χ0n) is 14.4. The number of thiophene rings is 1. The predicted octanol–water partition coefficient (Wildman–Crippen LogP) is 2.16. The van der Waals surface area contributed by atoms with Gasteiger partial charge < -0.3 is 10.2 Å². The smallest absolute Gasteiger partial charge is 0.275 e. The highest BCUT2D eigenvalue weighted by Gasteiger charge is 2.51. The molecule has 1 atom stereocenters. The van der Waals surface area contributed by atoms with Gasteiger partial charge in [-0.1, -0.05) is 0 Å². The fourth-order valence-corrected chi connectivity index (χ4v) is 6.82. The lowest BCUT2D eigenvalue weighted by molar-refractivity contribution is -0.885. The van der Waals surface area contributed by atoms with Crippen molar-refractivity contribution in [3.05, 3.63) is 21.9 Å². The van der Waals surface area contributed by atoms with E-state index in [0.29, 0.717) is 6.54 Å². The van der Waals surface area contributed by atoms with Crippen molar-refractivity contribution in [3.8, 4) is 0 Å². The molecule has 126 valence electrons. The average molecular weight is 334 g/mol. The minimum Gasteiger partial charge on any atom is -0.346 e. The van der Waals surface area contributed by atoms with Gasteiger partial charge in [-0.2, -0.15) is 0 Å². The van der Waals surface area contributed by atoms with Crippen LogP contribution in [0.2, 0.25) is 0 Å². The van der Waals surface area contributed by atoms with Crippen molar-refractivity contribution >= 4 is 17.2 Å². The molecule has 4 heteroatoms. The first-order chi connectivity index (χ1) is 11.0. The highest BCUT2D eigenvalue weighted by molar-refractivity contribution is 7.10. The Morgan fingerprint density at radius 1 is 1.26 bits per heavy atom. The molecule has 1 unspecified atom stereocenters. The zero-order valence-corrected chi connectivity index (χ0v) is 15.2. The van der Waals surface area contributed by atoms with Crippen LogP contribution in [0.1, 0.15) is 49.0 Å². The second-order valence-corrected chi connectivity index (χ2v) is 9.58. The monoisotopic (exact) mass is 333 g/mol. The molecule has 23 heavy (non-hydrogen) atoms. The summed E-state index contributed by atoms with van der Waals surface area (Å²) in [5.41, 5.74) is 1.51. The average Bonchev–Trinajstić information content (AvgIpc) is 2.81. The summed E-state index contributed by atoms with van der Waals surface area (Å²) in [6.07, 6.45) is 8.02. The minimum absolute atomic E-state index is 0.158. The van der Waals surface area contributed by atoms with Gasteiger partial charge in [0.25, 0.3) is 5.91 Å². The standard InChI is InChI=1S/C19H28N2OS/c1-13-3-4-23-17(13)11-21(2)12-18(22)20-19-8-14-5-15(9-19)7-16(6-14)10-19/h3-4,14-16H,5-12H2,1-2H3,(H,20,22)/p+1. The Balaban J connectivity index is 1.34. The first kappa shape index (κ1) is 15.6. The fourth-order valence-electron chi connectivity index (χ4n) is 5.80. The van der Waals surface area contributed by atoms with Crippen LogP contribution in [-0.4, -0.2) is 25.0 Å². The van der Waals surface area contributed by atoms with Crippen molar-refractivity contribution in [2.24, 2.45) is 17.8 Å². The maximum absolute atomic E-state index is 12.6. The number of rotatable bonds is 5. The van der Waals surface area contributed by atoms with Gasteiger partial charge in [-0.15, -0.1) is 11.3 Å². The van der Waals surface area contributed by atoms with E-state index < -0.39 is 0 Å². The van der Waals surface area contributed by atoms with E-state index >= 15 is 0 Å². The van der Waals surface area contributed by atoms with E-state index in [4.69, 9.17) is 0 Å². The molecule has 4 fully saturated rings. The highest BCUT2D eigenvalue weighted by atomic mass is 32.1. The maximum atomic E-state index is 12.6. The van der Waals surface area contributed by atoms with Crippen molar-refractivity contribution in [2.45, 2.75) is 57.5 Å². The Kier molecular flexibility index (Phi) is 4.01. The second-order valence-electron chi connectivity index (χ2n) is 8.58. The van der Waals surface area contributed by atoms with Gasteiger partial charge in [0.05, 0.1) is 11.9 Å². The number of aryl methyl sites for hydroxylation is 1. The third-order valence-electron chi connectivity index (χ3n) is 6.34. The summed E-state index contributed by atoms with van der Waals surface area (Å²) in [6, 6.07) is 2.17. The molecule has 1 heterocycles. The molecular formula is C19H29N2OS+. The van der Waals surface area contributed by atoms with E-state index in [-0.39, 0.29) is 11.4 Å². The number of amides is 1. The largest absolute Gasteiger partial charge is 0.346 e. The molecule has 1 amide bonds. The molecule has 0 radical (unpaired) electrons. The van der Waals surface area contributed by atoms with Gasteiger partial charge >= 0.3 is 0 Å². The third-order valence-corrected chi connectivity index (χ3v) is 7.36. The molecule has 0 spiro atoms. The lowest BCUT2D eigenvalue weighted by Crippen LogP contribution is -3.09. The summed E-state index contributed by atoms with van der Waals surface area (Å²) >= 11 is 1.81. The van der Waals surface area contributed by atoms with Crippen LogP contribution >= 0.6 is 11.3 Å². The minimum atomic E-state index is 0.158. The summed E-state index contributed by atoms with van der Waals surface area (Å²) in [5.74, 6) is 2.93. The van der Waals surface area contributed by atoms with E-state index in [1.807, 2.05) is 11.3 Å². The number of likely N-dealkylation sites (N-methyl/N-ethyl adjacent to an activating group) is 1. The maximum Gasteiger partial charge on any atom is 0.275 e. The Hall–Kier alpha value is -0.870. The van der Waals surface area contributed by atoms with Gasteiger partial charge in [-0.25, -0.2) is 0 Å². The van der Waals surface area contributed by atoms with Gasteiger partial charge in [-0.05, 0) is 80.2 Å². The van der Waals surface area contributed by atoms with Crippen molar-refractivity contribution in [1.82, 2.24) is 5.32 Å². The number of hydrogen-bond donors (Lipinski definition) is 2. The third kappa shape index (κ3) is 3.20. The molecule has 2 N–H and O–H groups in total. The van der Waals surface area contributed by atoms with Crippen molar-refractivity contribution in [1.29, 1.82) is 0 Å². The molecular weight excluding hydrogens is 304 g/mol. The van der Waals surface area contributed by atoms with Crippen LogP contribution in [0, 0.1) is 24.7 Å². The fraction of sp³-hybridized carbons (Fsp3) is 0.737. The van der Waals surface area contributed by atoms with Gasteiger partial charge in [0, 0.05) is 5.54 Å². The summed E-state index contributed by atoms with van der Waals surface area (Å²) < 4.78 is 0. The Labute approximate surface area is 143 Å². The van der Waals surface area contributed by atoms with Gasteiger partial charge in [0.1, 0.15) is 6.54 Å². The van der Waals surface area contributed by atoms with Gasteiger partial charge in [0.15, 0.2) is 6.54 Å². The molecule has 1 aromatic rings. The number of carbonyl (C=O) groups excluding carboxylic acids is 1. The molecule has 4 bridgehead atoms. The van der Waals surface area contributed by atoms with E-state index in [9.17, 15) is 4.79 Å². The first-order valence-electron chi connectivity index (χ1n) is 9.17. The highest BCUT2D eigenvalue weighted by Crippen LogP contribution is 2.55. The van der Waals surface area contributed by atoms with E-state index in [1.165, 1.54) is 53.9 Å². The lowest BCUT2D eigenvalue weighted by Gasteiger charge is -2.56. The SMILES string of the molecule is Cc1ccsc1C[NH+](C)CC(=O)NC12CC3CC(CC(C3)C1)C2. The molecule has 4 aliphatic carbocycles. The molecule has 4 aliphatic rings. The number of hydrogen-bond acceptors (Lipinski definition) is 2. The second kappa shape index (κ2) is 5.89. The molecule has 5 rings (SSSR count). The van der Waals surface area contributed by atoms with Crippen LogP contribution in [0.4, 0.5) is 0 Å². The number of carbonyl (C=O) groups is 1. The van der Waals surface area contributed by atoms with E-state index in [1.54, 1.807) is 0 Å². The number of nitrogens with one attached hydrogen (secondary N) is 2. The van der Waals surface area contributed by atoms with Crippen LogP contribution < -0.4 is 10.2 Å². The van der Waals surface area contributed by atoms with Gasteiger partial charge in [-0.3, -0.25) is 4.79 Å². The van der Waals surface area contributed by atoms with Crippen LogP contribution in [0.25, 0.3) is 0 Å². The zero-order chi connectivity index (χ0) is 16.0. The summed E-state index contributed by atoms with van der Waals surface area (Å²) in [4.78, 5) is 15.3. The molecule has 0 aromatic carbocycles. The quantitative estimate of drug-likeness (QED) is 0.851. The molecule has 1 aromatic heterocycles. The normalized spacial score (nSPS) is 36.2. The van der Waals surface area contributed by atoms with E-state index in [2.05, 4.69) is 30.7 Å². The topological polar surface area (TPSA) is 33.5 Å². The van der Waals surface area contributed by atoms with Crippen molar-refractivity contribution in [2.75, 3.05) is 13.6 Å². The number of quaternary nitrogens is 1. The Morgan fingerprint density at radius 2 is 1.87 bits per heavy atom. The van der Waals surface area contributed by atoms with Crippen molar-refractivity contribution < 1.29 is 9.69 Å². The first-order valence-corrected chi connectivity index (χ1v) is 10.0. The molecule has 0 aliphatic heterocycles. The lowest BCUT2D eigenvalue weighted by atomic mass is 9.53. The van der Waals surface area contributed by atoms with E-state index in [0.717, 1.165) is 24.3 Å². The van der Waals surface area contributed by atoms with Crippen LogP contribution in [-0.2, 0) is 11.3 Å². The van der Waals surface area contributed by atoms with Crippen LogP contribution in [0.15, 0.2) is 11.4 Å². The molecule has 3 nitrogen and oxygen atoms in total. The molecule has 0 saturated heterocycles. The van der Waals surface area contributed by atoms with Crippen molar-refractivity contribution in [3.63, 3.8) is 0 Å². The van der Waals surface area contributed by atoms with Gasteiger partial charge in [0.2, 0.25) is 0 Å². The predicted molar refractivity (Wildman–Crippen MR) is 93.6 cm³/mol. The van der Waals surface area contributed by atoms with Crippen LogP contribution in [0.3, 0.4) is 0 Å².